The highest BCUT2D eigenvalue weighted by molar-refractivity contribution is 7.14. The van der Waals surface area contributed by atoms with Gasteiger partial charge in [-0.25, -0.2) is 4.79 Å². The fraction of sp³-hybridized carbons (Fsp3) is 0.357. The molecule has 0 bridgehead atoms. The average Bonchev–Trinajstić information content (AvgIpc) is 2.95. The maximum Gasteiger partial charge on any atom is 0.336 e. The molecule has 2 aromatic rings. The molecule has 21 heavy (non-hydrogen) atoms. The lowest BCUT2D eigenvalue weighted by atomic mass is 9.80. The summed E-state index contributed by atoms with van der Waals surface area (Å²) in [5.41, 5.74) is 1.72. The maximum absolute atomic E-state index is 12.4. The van der Waals surface area contributed by atoms with Crippen LogP contribution in [0.4, 0.5) is 5.00 Å². The SMILES string of the molecule is Cn1ncc(C2CCC2)c1C(=O)Nc1cc(C(=O)O)cs1. The molecule has 0 saturated heterocycles. The van der Waals surface area contributed by atoms with Crippen LogP contribution in [-0.2, 0) is 7.05 Å². The largest absolute Gasteiger partial charge is 0.478 e. The van der Waals surface area contributed by atoms with Gasteiger partial charge in [-0.1, -0.05) is 6.42 Å². The van der Waals surface area contributed by atoms with E-state index in [1.807, 2.05) is 0 Å². The number of hydrogen-bond acceptors (Lipinski definition) is 4. The number of thiophene rings is 1. The highest BCUT2D eigenvalue weighted by Gasteiger charge is 2.27. The molecule has 2 N–H and O–H groups in total. The number of nitrogens with one attached hydrogen (secondary N) is 1. The van der Waals surface area contributed by atoms with Crippen molar-refractivity contribution in [2.75, 3.05) is 5.32 Å². The molecule has 110 valence electrons. The summed E-state index contributed by atoms with van der Waals surface area (Å²) in [6, 6.07) is 1.46. The number of carbonyl (C=O) groups is 2. The van der Waals surface area contributed by atoms with Crippen molar-refractivity contribution in [3.8, 4) is 0 Å². The quantitative estimate of drug-likeness (QED) is 0.909. The number of hydrogen-bond donors (Lipinski definition) is 2. The predicted octanol–water partition coefficient (Wildman–Crippen LogP) is 2.70. The van der Waals surface area contributed by atoms with E-state index in [1.54, 1.807) is 17.9 Å². The van der Waals surface area contributed by atoms with Gasteiger partial charge in [0.1, 0.15) is 5.69 Å². The van der Waals surface area contributed by atoms with E-state index >= 15 is 0 Å². The topological polar surface area (TPSA) is 84.2 Å². The van der Waals surface area contributed by atoms with Crippen molar-refractivity contribution in [3.05, 3.63) is 34.5 Å². The standard InChI is InChI=1S/C14H15N3O3S/c1-17-12(10(6-15-17)8-3-2-4-8)13(18)16-11-5-9(7-21-11)14(19)20/h5-8H,2-4H2,1H3,(H,16,18)(H,19,20). The van der Waals surface area contributed by atoms with Crippen molar-refractivity contribution < 1.29 is 14.7 Å². The van der Waals surface area contributed by atoms with E-state index in [0.29, 0.717) is 16.6 Å². The molecule has 1 fully saturated rings. The number of carboxylic acid groups (broad SMARTS) is 1. The number of carboxylic acids is 1. The van der Waals surface area contributed by atoms with Crippen LogP contribution >= 0.6 is 11.3 Å². The molecule has 1 saturated carbocycles. The van der Waals surface area contributed by atoms with Crippen molar-refractivity contribution in [1.29, 1.82) is 0 Å². The summed E-state index contributed by atoms with van der Waals surface area (Å²) in [6.45, 7) is 0. The van der Waals surface area contributed by atoms with Gasteiger partial charge in [-0.15, -0.1) is 11.3 Å². The molecule has 0 radical (unpaired) electrons. The second kappa shape index (κ2) is 5.33. The first-order valence-electron chi connectivity index (χ1n) is 6.71. The Morgan fingerprint density at radius 1 is 1.48 bits per heavy atom. The second-order valence-corrected chi connectivity index (χ2v) is 6.07. The summed E-state index contributed by atoms with van der Waals surface area (Å²) in [5.74, 6) is -0.824. The monoisotopic (exact) mass is 305 g/mol. The van der Waals surface area contributed by atoms with Crippen LogP contribution in [0.5, 0.6) is 0 Å². The minimum Gasteiger partial charge on any atom is -0.478 e. The van der Waals surface area contributed by atoms with Gasteiger partial charge >= 0.3 is 5.97 Å². The maximum atomic E-state index is 12.4. The zero-order valence-electron chi connectivity index (χ0n) is 11.5. The number of rotatable bonds is 4. The van der Waals surface area contributed by atoms with Crippen LogP contribution in [0.2, 0.25) is 0 Å². The fourth-order valence-corrected chi connectivity index (χ4v) is 3.21. The molecule has 1 amide bonds. The first-order valence-corrected chi connectivity index (χ1v) is 7.59. The Labute approximate surface area is 125 Å². The van der Waals surface area contributed by atoms with Gasteiger partial charge in [-0.05, 0) is 24.8 Å². The molecule has 0 aliphatic heterocycles. The van der Waals surface area contributed by atoms with Crippen LogP contribution < -0.4 is 5.32 Å². The van der Waals surface area contributed by atoms with E-state index in [1.165, 1.54) is 29.2 Å². The highest BCUT2D eigenvalue weighted by atomic mass is 32.1. The lowest BCUT2D eigenvalue weighted by molar-refractivity contribution is 0.0697. The van der Waals surface area contributed by atoms with Crippen LogP contribution in [-0.4, -0.2) is 26.8 Å². The third kappa shape index (κ3) is 2.56. The van der Waals surface area contributed by atoms with Crippen molar-refractivity contribution in [1.82, 2.24) is 9.78 Å². The van der Waals surface area contributed by atoms with E-state index in [2.05, 4.69) is 10.4 Å². The zero-order chi connectivity index (χ0) is 15.0. The number of nitrogens with zero attached hydrogens (tertiary/aromatic N) is 2. The van der Waals surface area contributed by atoms with Gasteiger partial charge < -0.3 is 10.4 Å². The number of aryl methyl sites for hydroxylation is 1. The molecule has 1 aliphatic carbocycles. The van der Waals surface area contributed by atoms with Crippen LogP contribution in [0.3, 0.4) is 0 Å². The first-order chi connectivity index (χ1) is 10.1. The Morgan fingerprint density at radius 2 is 2.24 bits per heavy atom. The lowest BCUT2D eigenvalue weighted by Gasteiger charge is -2.25. The highest BCUT2D eigenvalue weighted by Crippen LogP contribution is 2.38. The van der Waals surface area contributed by atoms with Gasteiger partial charge in [-0.3, -0.25) is 9.48 Å². The van der Waals surface area contributed by atoms with E-state index in [0.717, 1.165) is 18.4 Å². The van der Waals surface area contributed by atoms with Crippen molar-refractivity contribution >= 4 is 28.2 Å². The number of aromatic nitrogens is 2. The average molecular weight is 305 g/mol. The molecule has 2 heterocycles. The molecule has 0 aromatic carbocycles. The van der Waals surface area contributed by atoms with E-state index in [4.69, 9.17) is 5.11 Å². The predicted molar refractivity (Wildman–Crippen MR) is 79.0 cm³/mol. The van der Waals surface area contributed by atoms with Gasteiger partial charge in [0.2, 0.25) is 0 Å². The summed E-state index contributed by atoms with van der Waals surface area (Å²) in [7, 11) is 1.74. The van der Waals surface area contributed by atoms with Crippen LogP contribution in [0.25, 0.3) is 0 Å². The van der Waals surface area contributed by atoms with Gasteiger partial charge in [0, 0.05) is 18.0 Å². The minimum absolute atomic E-state index is 0.180. The van der Waals surface area contributed by atoms with Crippen molar-refractivity contribution in [3.63, 3.8) is 0 Å². The normalized spacial score (nSPS) is 14.7. The van der Waals surface area contributed by atoms with Crippen LogP contribution in [0.1, 0.15) is 51.6 Å². The zero-order valence-corrected chi connectivity index (χ0v) is 12.3. The Kier molecular flexibility index (Phi) is 3.50. The minimum atomic E-state index is -0.998. The number of anilines is 1. The van der Waals surface area contributed by atoms with Gasteiger partial charge in [0.25, 0.3) is 5.91 Å². The molecular formula is C14H15N3O3S. The smallest absolute Gasteiger partial charge is 0.336 e. The van der Waals surface area contributed by atoms with Gasteiger partial charge in [0.15, 0.2) is 0 Å². The molecule has 0 unspecified atom stereocenters. The third-order valence-corrected chi connectivity index (χ3v) is 4.66. The Balaban J connectivity index is 1.81. The number of carbonyl (C=O) groups excluding carboxylic acids is 1. The Bertz CT molecular complexity index is 700. The molecule has 0 spiro atoms. The summed E-state index contributed by atoms with van der Waals surface area (Å²) >= 11 is 1.20. The van der Waals surface area contributed by atoms with E-state index in [-0.39, 0.29) is 11.5 Å². The summed E-state index contributed by atoms with van der Waals surface area (Å²) in [6.07, 6.45) is 5.13. The molecule has 6 nitrogen and oxygen atoms in total. The van der Waals surface area contributed by atoms with Crippen LogP contribution in [0, 0.1) is 0 Å². The number of aromatic carboxylic acids is 1. The van der Waals surface area contributed by atoms with Crippen molar-refractivity contribution in [2.45, 2.75) is 25.2 Å². The molecule has 1 aliphatic rings. The van der Waals surface area contributed by atoms with Crippen LogP contribution in [0.15, 0.2) is 17.6 Å². The second-order valence-electron chi connectivity index (χ2n) is 5.16. The van der Waals surface area contributed by atoms with E-state index in [9.17, 15) is 9.59 Å². The van der Waals surface area contributed by atoms with Gasteiger partial charge in [0.05, 0.1) is 16.8 Å². The lowest BCUT2D eigenvalue weighted by Crippen LogP contribution is -2.20. The van der Waals surface area contributed by atoms with E-state index < -0.39 is 5.97 Å². The van der Waals surface area contributed by atoms with Gasteiger partial charge in [-0.2, -0.15) is 5.10 Å². The Morgan fingerprint density at radius 3 is 2.81 bits per heavy atom. The summed E-state index contributed by atoms with van der Waals surface area (Å²) in [5, 5.41) is 17.9. The third-order valence-electron chi connectivity index (χ3n) is 3.81. The first kappa shape index (κ1) is 13.8. The molecular weight excluding hydrogens is 290 g/mol. The molecule has 7 heteroatoms. The Hall–Kier alpha value is -2.15. The molecule has 2 aromatic heterocycles. The molecule has 0 atom stereocenters. The molecule has 3 rings (SSSR count). The summed E-state index contributed by atoms with van der Waals surface area (Å²) in [4.78, 5) is 23.3. The summed E-state index contributed by atoms with van der Waals surface area (Å²) < 4.78 is 1.58. The fourth-order valence-electron chi connectivity index (χ4n) is 2.44. The number of amides is 1. The van der Waals surface area contributed by atoms with Crippen molar-refractivity contribution in [2.24, 2.45) is 7.05 Å².